The molecular weight excluding hydrogens is 281 g/mol. The van der Waals surface area contributed by atoms with Gasteiger partial charge in [0.1, 0.15) is 5.82 Å². The zero-order chi connectivity index (χ0) is 15.7. The van der Waals surface area contributed by atoms with Crippen molar-refractivity contribution >= 4 is 17.7 Å². The van der Waals surface area contributed by atoms with Crippen molar-refractivity contribution in [3.8, 4) is 0 Å². The quantitative estimate of drug-likeness (QED) is 0.833. The Morgan fingerprint density at radius 2 is 1.90 bits per heavy atom. The van der Waals surface area contributed by atoms with E-state index in [-0.39, 0.29) is 5.57 Å². The molecule has 0 aromatic heterocycles. The molecule has 7 heteroatoms. The molecule has 0 saturated carbocycles. The number of nitrogens with zero attached hydrogens (tertiary/aromatic N) is 1. The largest absolute Gasteiger partial charge is 0.548 e. The maximum atomic E-state index is 13.0. The Hall–Kier alpha value is -2.70. The minimum atomic E-state index is -1.53. The van der Waals surface area contributed by atoms with Gasteiger partial charge < -0.3 is 19.9 Å². The predicted molar refractivity (Wildman–Crippen MR) is 66.2 cm³/mol. The third-order valence-corrected chi connectivity index (χ3v) is 3.17. The van der Waals surface area contributed by atoms with E-state index >= 15 is 0 Å². The smallest absolute Gasteiger partial charge is 0.290 e. The van der Waals surface area contributed by atoms with Crippen molar-refractivity contribution in [1.82, 2.24) is 4.90 Å². The first-order valence-corrected chi connectivity index (χ1v) is 6.03. The minimum absolute atomic E-state index is 0.215. The zero-order valence-electron chi connectivity index (χ0n) is 11.0. The van der Waals surface area contributed by atoms with Gasteiger partial charge in [0, 0.05) is 0 Å². The maximum Gasteiger partial charge on any atom is 0.290 e. The van der Waals surface area contributed by atoms with E-state index in [1.165, 1.54) is 12.1 Å². The number of carboxylic acid groups (broad SMARTS) is 1. The molecule has 1 atom stereocenters. The van der Waals surface area contributed by atoms with Crippen molar-refractivity contribution in [3.63, 3.8) is 0 Å². The highest BCUT2D eigenvalue weighted by Crippen LogP contribution is 2.37. The van der Waals surface area contributed by atoms with Crippen molar-refractivity contribution in [3.05, 3.63) is 47.0 Å². The Morgan fingerprint density at radius 1 is 1.33 bits per heavy atom. The van der Waals surface area contributed by atoms with Crippen LogP contribution >= 0.6 is 0 Å². The zero-order valence-corrected chi connectivity index (χ0v) is 11.0. The second kappa shape index (κ2) is 5.35. The van der Waals surface area contributed by atoms with Crippen molar-refractivity contribution in [2.75, 3.05) is 6.54 Å². The molecule has 1 heterocycles. The molecule has 0 aliphatic carbocycles. The number of aliphatic carboxylic acids is 1. The first-order valence-electron chi connectivity index (χ1n) is 6.03. The Balaban J connectivity index is 2.53. The van der Waals surface area contributed by atoms with Gasteiger partial charge in [0.15, 0.2) is 11.5 Å². The van der Waals surface area contributed by atoms with E-state index in [2.05, 4.69) is 0 Å². The number of rotatable bonds is 4. The van der Waals surface area contributed by atoms with E-state index in [1.54, 1.807) is 0 Å². The number of benzene rings is 1. The summed E-state index contributed by atoms with van der Waals surface area (Å²) in [5.41, 5.74) is 0.105. The summed E-state index contributed by atoms with van der Waals surface area (Å²) in [5, 5.41) is 20.5. The van der Waals surface area contributed by atoms with Crippen LogP contribution in [-0.2, 0) is 14.4 Å². The number of amides is 1. The normalized spacial score (nSPS) is 18.3. The van der Waals surface area contributed by atoms with Crippen LogP contribution in [0.25, 0.3) is 0 Å². The monoisotopic (exact) mass is 292 g/mol. The van der Waals surface area contributed by atoms with E-state index < -0.39 is 41.8 Å². The number of halogens is 1. The molecule has 0 bridgehead atoms. The van der Waals surface area contributed by atoms with Gasteiger partial charge in [0.25, 0.3) is 5.91 Å². The number of carbonyl (C=O) groups excluding carboxylic acids is 3. The number of Topliss-reactive ketones (excluding diaryl/α,β-unsaturated/α-hetero) is 1. The average Bonchev–Trinajstić information content (AvgIpc) is 2.64. The molecule has 0 saturated heterocycles. The summed E-state index contributed by atoms with van der Waals surface area (Å²) in [6.07, 6.45) is 0. The molecule has 0 spiro atoms. The van der Waals surface area contributed by atoms with Crippen molar-refractivity contribution in [2.45, 2.75) is 13.0 Å². The number of aliphatic hydroxyl groups excluding tert-OH is 1. The van der Waals surface area contributed by atoms with Crippen LogP contribution in [0.4, 0.5) is 4.39 Å². The lowest BCUT2D eigenvalue weighted by molar-refractivity contribution is -0.306. The highest BCUT2D eigenvalue weighted by molar-refractivity contribution is 6.08. The topological polar surface area (TPSA) is 97.7 Å². The van der Waals surface area contributed by atoms with E-state index in [4.69, 9.17) is 0 Å². The standard InChI is InChI=1S/C14H12FNO5/c1-7(17)11-12(8-2-4-9(15)5-3-8)16(6-10(18)19)14(21)13(11)20/h2-5,12,20H,6H2,1H3,(H,18,19)/p-1/t12-/m0/s1. The molecule has 1 aliphatic rings. The molecule has 1 aromatic rings. The van der Waals surface area contributed by atoms with Crippen molar-refractivity contribution in [1.29, 1.82) is 0 Å². The molecule has 1 aliphatic heterocycles. The van der Waals surface area contributed by atoms with Crippen LogP contribution in [0.5, 0.6) is 0 Å². The van der Waals surface area contributed by atoms with Crippen LogP contribution in [-0.4, -0.2) is 34.2 Å². The lowest BCUT2D eigenvalue weighted by Gasteiger charge is -2.26. The summed E-state index contributed by atoms with van der Waals surface area (Å²) in [4.78, 5) is 35.1. The van der Waals surface area contributed by atoms with Gasteiger partial charge in [-0.3, -0.25) is 9.59 Å². The summed E-state index contributed by atoms with van der Waals surface area (Å²) in [7, 11) is 0. The summed E-state index contributed by atoms with van der Waals surface area (Å²) in [6.45, 7) is 0.361. The lowest BCUT2D eigenvalue weighted by Crippen LogP contribution is -2.41. The summed E-state index contributed by atoms with van der Waals surface area (Å²) in [5.74, 6) is -4.40. The van der Waals surface area contributed by atoms with Gasteiger partial charge in [-0.05, 0) is 24.6 Å². The first-order chi connectivity index (χ1) is 9.82. The second-order valence-corrected chi connectivity index (χ2v) is 4.58. The third-order valence-electron chi connectivity index (χ3n) is 3.17. The second-order valence-electron chi connectivity index (χ2n) is 4.58. The van der Waals surface area contributed by atoms with Crippen LogP contribution < -0.4 is 5.11 Å². The van der Waals surface area contributed by atoms with E-state index in [1.807, 2.05) is 0 Å². The van der Waals surface area contributed by atoms with Gasteiger partial charge in [-0.1, -0.05) is 12.1 Å². The molecule has 110 valence electrons. The molecule has 1 aromatic carbocycles. The molecule has 6 nitrogen and oxygen atoms in total. The SMILES string of the molecule is CC(=O)C1=C(O)C(=O)N(CC(=O)[O-])[C@H]1c1ccc(F)cc1. The predicted octanol–water partition coefficient (Wildman–Crippen LogP) is -0.140. The minimum Gasteiger partial charge on any atom is -0.548 e. The molecule has 0 radical (unpaired) electrons. The Morgan fingerprint density at radius 3 is 2.38 bits per heavy atom. The number of carboxylic acids is 1. The number of hydrogen-bond acceptors (Lipinski definition) is 5. The van der Waals surface area contributed by atoms with Gasteiger partial charge >= 0.3 is 0 Å². The van der Waals surface area contributed by atoms with Gasteiger partial charge in [0.2, 0.25) is 0 Å². The molecule has 2 rings (SSSR count). The van der Waals surface area contributed by atoms with E-state index in [0.29, 0.717) is 5.56 Å². The number of ketones is 1. The van der Waals surface area contributed by atoms with Crippen LogP contribution in [0.3, 0.4) is 0 Å². The summed E-state index contributed by atoms with van der Waals surface area (Å²) < 4.78 is 13.0. The fourth-order valence-electron chi connectivity index (χ4n) is 2.31. The summed E-state index contributed by atoms with van der Waals surface area (Å²) >= 11 is 0. The third kappa shape index (κ3) is 2.62. The molecule has 0 unspecified atom stereocenters. The number of carbonyl (C=O) groups is 3. The molecule has 1 amide bonds. The Bertz CT molecular complexity index is 650. The van der Waals surface area contributed by atoms with Crippen molar-refractivity contribution < 1.29 is 29.0 Å². The Kier molecular flexibility index (Phi) is 3.75. The molecular formula is C14H11FNO5-. The number of aliphatic hydroxyl groups is 1. The van der Waals surface area contributed by atoms with Crippen molar-refractivity contribution in [2.24, 2.45) is 0 Å². The van der Waals surface area contributed by atoms with Crippen LogP contribution in [0.15, 0.2) is 35.6 Å². The highest BCUT2D eigenvalue weighted by atomic mass is 19.1. The van der Waals surface area contributed by atoms with Gasteiger partial charge in [0.05, 0.1) is 24.1 Å². The highest BCUT2D eigenvalue weighted by Gasteiger charge is 2.42. The van der Waals surface area contributed by atoms with Gasteiger partial charge in [-0.25, -0.2) is 4.39 Å². The molecule has 0 fully saturated rings. The fourth-order valence-corrected chi connectivity index (χ4v) is 2.31. The van der Waals surface area contributed by atoms with Gasteiger partial charge in [-0.2, -0.15) is 0 Å². The number of hydrogen-bond donors (Lipinski definition) is 1. The maximum absolute atomic E-state index is 13.0. The average molecular weight is 292 g/mol. The Labute approximate surface area is 119 Å². The van der Waals surface area contributed by atoms with Crippen LogP contribution in [0, 0.1) is 5.82 Å². The van der Waals surface area contributed by atoms with E-state index in [0.717, 1.165) is 24.0 Å². The van der Waals surface area contributed by atoms with E-state index in [9.17, 15) is 29.0 Å². The first kappa shape index (κ1) is 14.7. The van der Waals surface area contributed by atoms with Gasteiger partial charge in [-0.15, -0.1) is 0 Å². The lowest BCUT2D eigenvalue weighted by atomic mass is 9.97. The van der Waals surface area contributed by atoms with Crippen LogP contribution in [0.1, 0.15) is 18.5 Å². The fraction of sp³-hybridized carbons (Fsp3) is 0.214. The molecule has 1 N–H and O–H groups in total. The van der Waals surface area contributed by atoms with Crippen LogP contribution in [0.2, 0.25) is 0 Å². The molecule has 21 heavy (non-hydrogen) atoms. The summed E-state index contributed by atoms with van der Waals surface area (Å²) in [6, 6.07) is 3.79.